The highest BCUT2D eigenvalue weighted by Crippen LogP contribution is 2.32. The maximum atomic E-state index is 6.37. The summed E-state index contributed by atoms with van der Waals surface area (Å²) < 4.78 is 0. The number of nitrogen functional groups attached to an aromatic ring is 1. The Labute approximate surface area is 125 Å². The number of hydrogen-bond donors (Lipinski definition) is 1. The Bertz CT molecular complexity index is 632. The molecule has 0 saturated carbocycles. The maximum Gasteiger partial charge on any atom is 0.155 e. The number of likely N-dealkylation sites (N-methyl/N-ethyl adjacent to an activating group) is 1. The summed E-state index contributed by atoms with van der Waals surface area (Å²) in [7, 11) is 2.14. The lowest BCUT2D eigenvalue weighted by Crippen LogP contribution is -2.45. The van der Waals surface area contributed by atoms with Gasteiger partial charge in [0.2, 0.25) is 0 Å². The second kappa shape index (κ2) is 5.69. The molecule has 0 amide bonds. The first-order valence-corrected chi connectivity index (χ1v) is 7.27. The predicted molar refractivity (Wildman–Crippen MR) is 86.3 cm³/mol. The quantitative estimate of drug-likeness (QED) is 0.910. The van der Waals surface area contributed by atoms with Gasteiger partial charge in [0.05, 0.1) is 5.69 Å². The van der Waals surface area contributed by atoms with Gasteiger partial charge in [0, 0.05) is 31.7 Å². The Hall–Kier alpha value is -2.14. The maximum absolute atomic E-state index is 6.37. The standard InChI is InChI=1S/C16H21N5/c1-12-5-3-4-6-13(12)15-14(17)16(19-11-18-15)21-9-7-20(2)8-10-21/h3-6,11H,7-10,17H2,1-2H3. The third-order valence-corrected chi connectivity index (χ3v) is 4.07. The molecule has 1 aliphatic heterocycles. The van der Waals surface area contributed by atoms with Crippen LogP contribution in [0.4, 0.5) is 11.5 Å². The zero-order chi connectivity index (χ0) is 14.8. The number of rotatable bonds is 2. The molecule has 2 N–H and O–H groups in total. The molecule has 0 spiro atoms. The van der Waals surface area contributed by atoms with E-state index in [4.69, 9.17) is 5.73 Å². The van der Waals surface area contributed by atoms with Gasteiger partial charge in [-0.05, 0) is 19.5 Å². The van der Waals surface area contributed by atoms with E-state index in [0.717, 1.165) is 43.3 Å². The first-order chi connectivity index (χ1) is 10.2. The average molecular weight is 283 g/mol. The first-order valence-electron chi connectivity index (χ1n) is 7.27. The van der Waals surface area contributed by atoms with Crippen LogP contribution in [0.3, 0.4) is 0 Å². The van der Waals surface area contributed by atoms with Crippen molar-refractivity contribution >= 4 is 11.5 Å². The van der Waals surface area contributed by atoms with Crippen LogP contribution < -0.4 is 10.6 Å². The summed E-state index contributed by atoms with van der Waals surface area (Å²) in [4.78, 5) is 13.4. The van der Waals surface area contributed by atoms with Crippen molar-refractivity contribution in [2.24, 2.45) is 0 Å². The van der Waals surface area contributed by atoms with E-state index in [2.05, 4.69) is 45.9 Å². The van der Waals surface area contributed by atoms with Gasteiger partial charge < -0.3 is 15.5 Å². The van der Waals surface area contributed by atoms with E-state index in [1.165, 1.54) is 5.56 Å². The molecule has 21 heavy (non-hydrogen) atoms. The van der Waals surface area contributed by atoms with Crippen molar-refractivity contribution in [3.63, 3.8) is 0 Å². The minimum absolute atomic E-state index is 0.677. The van der Waals surface area contributed by atoms with Crippen LogP contribution in [-0.4, -0.2) is 48.1 Å². The van der Waals surface area contributed by atoms with Crippen LogP contribution in [0.5, 0.6) is 0 Å². The smallest absolute Gasteiger partial charge is 0.155 e. The highest BCUT2D eigenvalue weighted by atomic mass is 15.3. The topological polar surface area (TPSA) is 58.3 Å². The summed E-state index contributed by atoms with van der Waals surface area (Å²) in [5, 5.41) is 0. The van der Waals surface area contributed by atoms with Gasteiger partial charge in [0.15, 0.2) is 5.82 Å². The fourth-order valence-corrected chi connectivity index (χ4v) is 2.71. The summed E-state index contributed by atoms with van der Waals surface area (Å²) in [6, 6.07) is 8.17. The Balaban J connectivity index is 1.98. The van der Waals surface area contributed by atoms with Crippen molar-refractivity contribution < 1.29 is 0 Å². The Morgan fingerprint density at radius 1 is 1.05 bits per heavy atom. The summed E-state index contributed by atoms with van der Waals surface area (Å²) in [6.45, 7) is 6.04. The van der Waals surface area contributed by atoms with Crippen LogP contribution >= 0.6 is 0 Å². The summed E-state index contributed by atoms with van der Waals surface area (Å²) in [5.74, 6) is 0.858. The monoisotopic (exact) mass is 283 g/mol. The second-order valence-electron chi connectivity index (χ2n) is 5.56. The molecule has 1 aromatic heterocycles. The fraction of sp³-hybridized carbons (Fsp3) is 0.375. The molecule has 0 radical (unpaired) electrons. The number of nitrogens with two attached hydrogens (primary N) is 1. The van der Waals surface area contributed by atoms with Crippen LogP contribution in [0.2, 0.25) is 0 Å². The molecule has 5 nitrogen and oxygen atoms in total. The summed E-state index contributed by atoms with van der Waals surface area (Å²) in [5.41, 5.74) is 10.1. The lowest BCUT2D eigenvalue weighted by Gasteiger charge is -2.33. The minimum Gasteiger partial charge on any atom is -0.394 e. The molecule has 1 aliphatic rings. The third kappa shape index (κ3) is 2.69. The molecule has 1 fully saturated rings. The number of nitrogens with zero attached hydrogens (tertiary/aromatic N) is 4. The van der Waals surface area contributed by atoms with Crippen LogP contribution in [0, 0.1) is 6.92 Å². The highest BCUT2D eigenvalue weighted by Gasteiger charge is 2.20. The van der Waals surface area contributed by atoms with Gasteiger partial charge in [-0.15, -0.1) is 0 Å². The van der Waals surface area contributed by atoms with Crippen molar-refractivity contribution in [3.8, 4) is 11.3 Å². The van der Waals surface area contributed by atoms with Crippen molar-refractivity contribution in [2.45, 2.75) is 6.92 Å². The normalized spacial score (nSPS) is 16.2. The number of benzene rings is 1. The molecule has 1 saturated heterocycles. The third-order valence-electron chi connectivity index (χ3n) is 4.07. The molecule has 0 atom stereocenters. The molecule has 2 heterocycles. The molecular formula is C16H21N5. The molecule has 0 unspecified atom stereocenters. The van der Waals surface area contributed by atoms with Gasteiger partial charge in [-0.2, -0.15) is 0 Å². The lowest BCUT2D eigenvalue weighted by atomic mass is 10.0. The van der Waals surface area contributed by atoms with Crippen molar-refractivity contribution in [2.75, 3.05) is 43.9 Å². The van der Waals surface area contributed by atoms with Crippen molar-refractivity contribution in [1.82, 2.24) is 14.9 Å². The summed E-state index contributed by atoms with van der Waals surface area (Å²) >= 11 is 0. The molecular weight excluding hydrogens is 262 g/mol. The van der Waals surface area contributed by atoms with Crippen LogP contribution in [0.15, 0.2) is 30.6 Å². The number of piperazine rings is 1. The van der Waals surface area contributed by atoms with E-state index < -0.39 is 0 Å². The zero-order valence-electron chi connectivity index (χ0n) is 12.6. The van der Waals surface area contributed by atoms with E-state index >= 15 is 0 Å². The van der Waals surface area contributed by atoms with Crippen LogP contribution in [-0.2, 0) is 0 Å². The fourth-order valence-electron chi connectivity index (χ4n) is 2.71. The molecule has 1 aromatic carbocycles. The van der Waals surface area contributed by atoms with Gasteiger partial charge in [-0.3, -0.25) is 0 Å². The van der Waals surface area contributed by atoms with Gasteiger partial charge >= 0.3 is 0 Å². The van der Waals surface area contributed by atoms with Crippen molar-refractivity contribution in [1.29, 1.82) is 0 Å². The molecule has 110 valence electrons. The Morgan fingerprint density at radius 2 is 1.76 bits per heavy atom. The van der Waals surface area contributed by atoms with Crippen LogP contribution in [0.25, 0.3) is 11.3 Å². The Morgan fingerprint density at radius 3 is 2.48 bits per heavy atom. The SMILES string of the molecule is Cc1ccccc1-c1ncnc(N2CCN(C)CC2)c1N. The first kappa shape index (κ1) is 13.8. The minimum atomic E-state index is 0.677. The number of hydrogen-bond acceptors (Lipinski definition) is 5. The van der Waals surface area contributed by atoms with Gasteiger partial charge in [-0.25, -0.2) is 9.97 Å². The average Bonchev–Trinajstić information content (AvgIpc) is 2.50. The lowest BCUT2D eigenvalue weighted by molar-refractivity contribution is 0.312. The van der Waals surface area contributed by atoms with Gasteiger partial charge in [0.25, 0.3) is 0 Å². The van der Waals surface area contributed by atoms with Crippen LogP contribution in [0.1, 0.15) is 5.56 Å². The molecule has 3 rings (SSSR count). The highest BCUT2D eigenvalue weighted by molar-refractivity contribution is 5.82. The molecule has 0 aliphatic carbocycles. The van der Waals surface area contributed by atoms with Gasteiger partial charge in [0.1, 0.15) is 12.0 Å². The van der Waals surface area contributed by atoms with Gasteiger partial charge in [-0.1, -0.05) is 24.3 Å². The molecule has 5 heteroatoms. The van der Waals surface area contributed by atoms with E-state index in [1.54, 1.807) is 6.33 Å². The van der Waals surface area contributed by atoms with E-state index in [-0.39, 0.29) is 0 Å². The molecule has 0 bridgehead atoms. The largest absolute Gasteiger partial charge is 0.394 e. The van der Waals surface area contributed by atoms with Crippen molar-refractivity contribution in [3.05, 3.63) is 36.2 Å². The Kier molecular flexibility index (Phi) is 3.75. The zero-order valence-corrected chi connectivity index (χ0v) is 12.6. The number of aryl methyl sites for hydroxylation is 1. The number of aromatic nitrogens is 2. The summed E-state index contributed by atoms with van der Waals surface area (Å²) in [6.07, 6.45) is 1.62. The predicted octanol–water partition coefficient (Wildman–Crippen LogP) is 1.79. The second-order valence-corrected chi connectivity index (χ2v) is 5.56. The van der Waals surface area contributed by atoms with E-state index in [9.17, 15) is 0 Å². The van der Waals surface area contributed by atoms with E-state index in [1.807, 2.05) is 12.1 Å². The molecule has 2 aromatic rings. The number of anilines is 2. The van der Waals surface area contributed by atoms with E-state index in [0.29, 0.717) is 5.69 Å².